The van der Waals surface area contributed by atoms with Gasteiger partial charge >= 0.3 is 5.97 Å². The largest absolute Gasteiger partial charge is 0.465 e. The van der Waals surface area contributed by atoms with Crippen LogP contribution < -0.4 is 5.73 Å². The van der Waals surface area contributed by atoms with Crippen LogP contribution in [0.3, 0.4) is 0 Å². The highest BCUT2D eigenvalue weighted by Gasteiger charge is 2.22. The van der Waals surface area contributed by atoms with E-state index in [9.17, 15) is 9.59 Å². The Hall–Kier alpha value is -1.91. The number of carbonyl (C=O) groups is 2. The van der Waals surface area contributed by atoms with E-state index in [4.69, 9.17) is 10.5 Å². The van der Waals surface area contributed by atoms with Gasteiger partial charge in [0.25, 0.3) is 5.91 Å². The third-order valence-corrected chi connectivity index (χ3v) is 2.96. The Morgan fingerprint density at radius 3 is 2.71 bits per heavy atom. The number of pyridine rings is 1. The second-order valence-corrected chi connectivity index (χ2v) is 4.04. The zero-order valence-corrected chi connectivity index (χ0v) is 9.66. The molecule has 1 aliphatic carbocycles. The first-order chi connectivity index (χ1) is 8.13. The van der Waals surface area contributed by atoms with Crippen molar-refractivity contribution in [3.63, 3.8) is 0 Å². The van der Waals surface area contributed by atoms with Gasteiger partial charge in [0.15, 0.2) is 0 Å². The first-order valence-electron chi connectivity index (χ1n) is 5.54. The van der Waals surface area contributed by atoms with Crippen LogP contribution in [0.5, 0.6) is 0 Å². The Morgan fingerprint density at radius 1 is 1.35 bits per heavy atom. The molecule has 0 aromatic carbocycles. The van der Waals surface area contributed by atoms with E-state index >= 15 is 0 Å². The van der Waals surface area contributed by atoms with Gasteiger partial charge in [-0.15, -0.1) is 0 Å². The molecule has 90 valence electrons. The summed E-state index contributed by atoms with van der Waals surface area (Å²) >= 11 is 0. The number of fused-ring (bicyclic) bond motifs is 1. The zero-order chi connectivity index (χ0) is 12.4. The summed E-state index contributed by atoms with van der Waals surface area (Å²) in [7, 11) is 1.32. The molecule has 2 rings (SSSR count). The molecule has 0 aliphatic heterocycles. The quantitative estimate of drug-likeness (QED) is 0.769. The molecule has 1 aromatic rings. The number of ether oxygens (including phenoxy) is 1. The van der Waals surface area contributed by atoms with E-state index in [1.54, 1.807) is 0 Å². The third-order valence-electron chi connectivity index (χ3n) is 2.96. The number of rotatable bonds is 2. The fourth-order valence-electron chi connectivity index (χ4n) is 2.12. The van der Waals surface area contributed by atoms with Crippen LogP contribution in [0, 0.1) is 0 Å². The number of aryl methyl sites for hydroxylation is 1. The summed E-state index contributed by atoms with van der Waals surface area (Å²) < 4.78 is 4.72. The Bertz CT molecular complexity index is 483. The lowest BCUT2D eigenvalue weighted by Gasteiger charge is -2.18. The van der Waals surface area contributed by atoms with Gasteiger partial charge in [0.1, 0.15) is 5.69 Å². The summed E-state index contributed by atoms with van der Waals surface area (Å²) in [5, 5.41) is 0. The second-order valence-electron chi connectivity index (χ2n) is 4.04. The minimum atomic E-state index is -0.622. The van der Waals surface area contributed by atoms with Gasteiger partial charge in [0, 0.05) is 5.69 Å². The van der Waals surface area contributed by atoms with E-state index in [2.05, 4.69) is 4.98 Å². The van der Waals surface area contributed by atoms with Gasteiger partial charge < -0.3 is 10.5 Å². The highest BCUT2D eigenvalue weighted by Crippen LogP contribution is 2.24. The first kappa shape index (κ1) is 11.6. The molecule has 1 amide bonds. The SMILES string of the molecule is COC(=O)c1cc(C(N)=O)nc2c1CCCC2. The molecule has 0 radical (unpaired) electrons. The Labute approximate surface area is 99.0 Å². The predicted octanol–water partition coefficient (Wildman–Crippen LogP) is 0.846. The van der Waals surface area contributed by atoms with Gasteiger partial charge in [-0.05, 0) is 37.3 Å². The van der Waals surface area contributed by atoms with E-state index in [-0.39, 0.29) is 5.69 Å². The maximum atomic E-state index is 11.7. The lowest BCUT2D eigenvalue weighted by molar-refractivity contribution is 0.0599. The number of methoxy groups -OCH3 is 1. The minimum Gasteiger partial charge on any atom is -0.465 e. The highest BCUT2D eigenvalue weighted by molar-refractivity contribution is 5.96. The molecule has 1 heterocycles. The molecular weight excluding hydrogens is 220 g/mol. The van der Waals surface area contributed by atoms with Crippen LogP contribution >= 0.6 is 0 Å². The van der Waals surface area contributed by atoms with Crippen LogP contribution in [0.2, 0.25) is 0 Å². The third kappa shape index (κ3) is 2.13. The van der Waals surface area contributed by atoms with Crippen molar-refractivity contribution in [3.05, 3.63) is 28.6 Å². The molecule has 1 aromatic heterocycles. The molecule has 0 spiro atoms. The van der Waals surface area contributed by atoms with Crippen molar-refractivity contribution in [1.29, 1.82) is 0 Å². The number of hydrogen-bond donors (Lipinski definition) is 1. The van der Waals surface area contributed by atoms with E-state index in [0.29, 0.717) is 5.56 Å². The van der Waals surface area contributed by atoms with Crippen molar-refractivity contribution < 1.29 is 14.3 Å². The van der Waals surface area contributed by atoms with Crippen LogP contribution in [0.15, 0.2) is 6.07 Å². The molecule has 5 nitrogen and oxygen atoms in total. The summed E-state index contributed by atoms with van der Waals surface area (Å²) in [6.45, 7) is 0. The van der Waals surface area contributed by atoms with E-state index < -0.39 is 11.9 Å². The highest BCUT2D eigenvalue weighted by atomic mass is 16.5. The van der Waals surface area contributed by atoms with Gasteiger partial charge in [-0.25, -0.2) is 9.78 Å². The summed E-state index contributed by atoms with van der Waals surface area (Å²) in [5.74, 6) is -1.06. The molecule has 0 atom stereocenters. The maximum Gasteiger partial charge on any atom is 0.338 e. The first-order valence-corrected chi connectivity index (χ1v) is 5.54. The maximum absolute atomic E-state index is 11.7. The van der Waals surface area contributed by atoms with Gasteiger partial charge in [-0.3, -0.25) is 4.79 Å². The number of nitrogens with two attached hydrogens (primary N) is 1. The predicted molar refractivity (Wildman–Crippen MR) is 60.7 cm³/mol. The summed E-state index contributed by atoms with van der Waals surface area (Å²) in [4.78, 5) is 27.0. The van der Waals surface area contributed by atoms with E-state index in [1.807, 2.05) is 0 Å². The summed E-state index contributed by atoms with van der Waals surface area (Å²) in [6, 6.07) is 1.43. The smallest absolute Gasteiger partial charge is 0.338 e. The molecule has 0 saturated carbocycles. The van der Waals surface area contributed by atoms with Crippen LogP contribution in [0.25, 0.3) is 0 Å². The average molecular weight is 234 g/mol. The lowest BCUT2D eigenvalue weighted by atomic mass is 9.91. The second kappa shape index (κ2) is 4.53. The normalized spacial score (nSPS) is 13.9. The number of hydrogen-bond acceptors (Lipinski definition) is 4. The van der Waals surface area contributed by atoms with Crippen molar-refractivity contribution in [2.45, 2.75) is 25.7 Å². The van der Waals surface area contributed by atoms with E-state index in [0.717, 1.165) is 36.9 Å². The molecule has 0 fully saturated rings. The van der Waals surface area contributed by atoms with Crippen LogP contribution in [0.4, 0.5) is 0 Å². The monoisotopic (exact) mass is 234 g/mol. The Balaban J connectivity index is 2.58. The molecule has 0 saturated heterocycles. The molecule has 5 heteroatoms. The van der Waals surface area contributed by atoms with Crippen molar-refractivity contribution in [1.82, 2.24) is 4.98 Å². The number of esters is 1. The average Bonchev–Trinajstić information content (AvgIpc) is 2.36. The van der Waals surface area contributed by atoms with Crippen LogP contribution in [0.1, 0.15) is 44.9 Å². The number of aromatic nitrogens is 1. The van der Waals surface area contributed by atoms with Gasteiger partial charge in [-0.2, -0.15) is 0 Å². The topological polar surface area (TPSA) is 82.3 Å². The molecule has 0 bridgehead atoms. The van der Waals surface area contributed by atoms with Gasteiger partial charge in [0.2, 0.25) is 0 Å². The molecule has 0 unspecified atom stereocenters. The number of primary amides is 1. The van der Waals surface area contributed by atoms with Crippen LogP contribution in [-0.4, -0.2) is 24.0 Å². The molecule has 17 heavy (non-hydrogen) atoms. The van der Waals surface area contributed by atoms with Gasteiger partial charge in [-0.1, -0.05) is 0 Å². The van der Waals surface area contributed by atoms with Crippen molar-refractivity contribution in [2.24, 2.45) is 5.73 Å². The standard InChI is InChI=1S/C12H14N2O3/c1-17-12(16)8-6-10(11(13)15)14-9-5-3-2-4-7(8)9/h6H,2-5H2,1H3,(H2,13,15). The number of carbonyl (C=O) groups excluding carboxylic acids is 2. The lowest BCUT2D eigenvalue weighted by Crippen LogP contribution is -2.20. The molecular formula is C12H14N2O3. The summed E-state index contributed by atoms with van der Waals surface area (Å²) in [6.07, 6.45) is 3.61. The Morgan fingerprint density at radius 2 is 2.06 bits per heavy atom. The van der Waals surface area contributed by atoms with Crippen molar-refractivity contribution >= 4 is 11.9 Å². The zero-order valence-electron chi connectivity index (χ0n) is 9.66. The molecule has 1 aliphatic rings. The molecule has 2 N–H and O–H groups in total. The Kier molecular flexibility index (Phi) is 3.08. The fraction of sp³-hybridized carbons (Fsp3) is 0.417. The van der Waals surface area contributed by atoms with Crippen LogP contribution in [-0.2, 0) is 17.6 Å². The van der Waals surface area contributed by atoms with Gasteiger partial charge in [0.05, 0.1) is 12.7 Å². The fourth-order valence-corrected chi connectivity index (χ4v) is 2.12. The summed E-state index contributed by atoms with van der Waals surface area (Å²) in [5.41, 5.74) is 7.45. The van der Waals surface area contributed by atoms with E-state index in [1.165, 1.54) is 13.2 Å². The number of nitrogens with zero attached hydrogens (tertiary/aromatic N) is 1. The number of amides is 1. The minimum absolute atomic E-state index is 0.131. The van der Waals surface area contributed by atoms with Crippen molar-refractivity contribution in [3.8, 4) is 0 Å². The van der Waals surface area contributed by atoms with Crippen molar-refractivity contribution in [2.75, 3.05) is 7.11 Å².